The van der Waals surface area contributed by atoms with Crippen LogP contribution in [0.1, 0.15) is 37.9 Å². The highest BCUT2D eigenvalue weighted by Gasteiger charge is 2.36. The number of piperidine rings is 1. The van der Waals surface area contributed by atoms with Gasteiger partial charge in [-0.1, -0.05) is 6.92 Å². The zero-order valence-electron chi connectivity index (χ0n) is 12.6. The molecule has 1 aliphatic heterocycles. The average Bonchev–Trinajstić information content (AvgIpc) is 2.75. The second kappa shape index (κ2) is 5.83. The van der Waals surface area contributed by atoms with Crippen molar-refractivity contribution in [2.45, 2.75) is 51.2 Å². The number of H-pyrrole nitrogens is 1. The van der Waals surface area contributed by atoms with E-state index in [4.69, 9.17) is 0 Å². The van der Waals surface area contributed by atoms with E-state index in [1.807, 2.05) is 13.8 Å². The molecule has 0 amide bonds. The van der Waals surface area contributed by atoms with Gasteiger partial charge in [-0.2, -0.15) is 9.40 Å². The first-order chi connectivity index (χ1) is 9.37. The van der Waals surface area contributed by atoms with E-state index >= 15 is 0 Å². The molecule has 0 aliphatic carbocycles. The van der Waals surface area contributed by atoms with Crippen LogP contribution >= 0.6 is 0 Å². The Hall–Kier alpha value is -0.920. The van der Waals surface area contributed by atoms with Crippen molar-refractivity contribution in [1.29, 1.82) is 0 Å². The zero-order valence-corrected chi connectivity index (χ0v) is 13.4. The van der Waals surface area contributed by atoms with Crippen molar-refractivity contribution in [3.63, 3.8) is 0 Å². The van der Waals surface area contributed by atoms with Gasteiger partial charge in [-0.25, -0.2) is 8.42 Å². The van der Waals surface area contributed by atoms with Gasteiger partial charge in [0.1, 0.15) is 0 Å². The monoisotopic (exact) mass is 300 g/mol. The first-order valence-corrected chi connectivity index (χ1v) is 8.52. The number of aromatic amines is 1. The number of nitrogens with one attached hydrogen (secondary N) is 2. The van der Waals surface area contributed by atoms with E-state index in [0.29, 0.717) is 19.0 Å². The van der Waals surface area contributed by atoms with Gasteiger partial charge < -0.3 is 5.32 Å². The molecule has 2 rings (SSSR count). The Labute approximate surface area is 121 Å². The molecule has 1 saturated heterocycles. The fourth-order valence-corrected chi connectivity index (χ4v) is 4.67. The molecule has 20 heavy (non-hydrogen) atoms. The summed E-state index contributed by atoms with van der Waals surface area (Å²) in [5.74, 6) is 0.397. The van der Waals surface area contributed by atoms with Gasteiger partial charge in [0, 0.05) is 30.4 Å². The summed E-state index contributed by atoms with van der Waals surface area (Å²) in [5.41, 5.74) is 1.54. The lowest BCUT2D eigenvalue weighted by Crippen LogP contribution is -2.45. The van der Waals surface area contributed by atoms with Crippen LogP contribution in [0, 0.1) is 12.8 Å². The fraction of sp³-hybridized carbons (Fsp3) is 0.769. The van der Waals surface area contributed by atoms with Crippen LogP contribution in [0.4, 0.5) is 0 Å². The van der Waals surface area contributed by atoms with Crippen LogP contribution in [-0.4, -0.2) is 42.6 Å². The molecule has 0 saturated carbocycles. The molecule has 2 N–H and O–H groups in total. The van der Waals surface area contributed by atoms with Gasteiger partial charge in [0.15, 0.2) is 5.03 Å². The van der Waals surface area contributed by atoms with Gasteiger partial charge in [0.05, 0.1) is 0 Å². The van der Waals surface area contributed by atoms with Crippen LogP contribution in [-0.2, 0) is 16.6 Å². The van der Waals surface area contributed by atoms with Gasteiger partial charge >= 0.3 is 0 Å². The van der Waals surface area contributed by atoms with Crippen molar-refractivity contribution in [3.05, 3.63) is 11.3 Å². The molecule has 0 radical (unpaired) electrons. The van der Waals surface area contributed by atoms with Crippen LogP contribution in [0.3, 0.4) is 0 Å². The van der Waals surface area contributed by atoms with E-state index in [1.54, 1.807) is 11.4 Å². The zero-order chi connectivity index (χ0) is 14.9. The molecule has 1 aromatic heterocycles. The lowest BCUT2D eigenvalue weighted by atomic mass is 9.97. The number of aryl methyl sites for hydroxylation is 1. The van der Waals surface area contributed by atoms with Crippen molar-refractivity contribution in [1.82, 2.24) is 19.8 Å². The van der Waals surface area contributed by atoms with E-state index in [-0.39, 0.29) is 11.1 Å². The number of nitrogens with zero attached hydrogens (tertiary/aromatic N) is 2. The minimum atomic E-state index is -3.53. The predicted molar refractivity (Wildman–Crippen MR) is 77.8 cm³/mol. The Morgan fingerprint density at radius 1 is 1.40 bits per heavy atom. The summed E-state index contributed by atoms with van der Waals surface area (Å²) >= 11 is 0. The maximum absolute atomic E-state index is 12.9. The Morgan fingerprint density at radius 3 is 2.75 bits per heavy atom. The molecule has 6 nitrogen and oxygen atoms in total. The summed E-state index contributed by atoms with van der Waals surface area (Å²) in [4.78, 5) is 0. The molecule has 114 valence electrons. The summed E-state index contributed by atoms with van der Waals surface area (Å²) in [7, 11) is -1.73. The number of aromatic nitrogens is 2. The maximum atomic E-state index is 12.9. The molecule has 1 aliphatic rings. The van der Waals surface area contributed by atoms with Crippen molar-refractivity contribution in [2.24, 2.45) is 5.92 Å². The van der Waals surface area contributed by atoms with Gasteiger partial charge in [0.2, 0.25) is 0 Å². The lowest BCUT2D eigenvalue weighted by Gasteiger charge is -2.35. The summed E-state index contributed by atoms with van der Waals surface area (Å²) in [6.07, 6.45) is 1.99. The van der Waals surface area contributed by atoms with E-state index in [9.17, 15) is 8.42 Å². The minimum absolute atomic E-state index is 0.0376. The highest BCUT2D eigenvalue weighted by molar-refractivity contribution is 7.89. The van der Waals surface area contributed by atoms with Gasteiger partial charge in [-0.05, 0) is 39.7 Å². The van der Waals surface area contributed by atoms with Crippen LogP contribution in [0.25, 0.3) is 0 Å². The van der Waals surface area contributed by atoms with Gasteiger partial charge in [-0.15, -0.1) is 0 Å². The first kappa shape index (κ1) is 15.5. The van der Waals surface area contributed by atoms with Gasteiger partial charge in [-0.3, -0.25) is 5.10 Å². The molecule has 0 aromatic carbocycles. The Balaban J connectivity index is 2.39. The van der Waals surface area contributed by atoms with Gasteiger partial charge in [0.25, 0.3) is 10.0 Å². The SMILES string of the molecule is CNCc1c(S(=O)(=O)N2CC(C)CCC2C)n[nH]c1C. The van der Waals surface area contributed by atoms with Crippen molar-refractivity contribution in [3.8, 4) is 0 Å². The molecule has 2 atom stereocenters. The Bertz CT molecular complexity index is 567. The topological polar surface area (TPSA) is 78.1 Å². The van der Waals surface area contributed by atoms with Crippen LogP contribution in [0.15, 0.2) is 5.03 Å². The summed E-state index contributed by atoms with van der Waals surface area (Å²) in [5, 5.41) is 10.0. The molecule has 0 spiro atoms. The van der Waals surface area contributed by atoms with Crippen LogP contribution < -0.4 is 5.32 Å². The van der Waals surface area contributed by atoms with Crippen LogP contribution in [0.5, 0.6) is 0 Å². The van der Waals surface area contributed by atoms with E-state index in [1.165, 1.54) is 0 Å². The summed E-state index contributed by atoms with van der Waals surface area (Å²) in [6, 6.07) is 0.0376. The van der Waals surface area contributed by atoms with Crippen molar-refractivity contribution < 1.29 is 8.42 Å². The number of hydrogen-bond donors (Lipinski definition) is 2. The summed E-state index contributed by atoms with van der Waals surface area (Å²) < 4.78 is 27.3. The summed E-state index contributed by atoms with van der Waals surface area (Å²) in [6.45, 7) is 6.99. The molecule has 2 heterocycles. The number of rotatable bonds is 4. The fourth-order valence-electron chi connectivity index (χ4n) is 2.72. The molecular weight excluding hydrogens is 276 g/mol. The number of sulfonamides is 1. The lowest BCUT2D eigenvalue weighted by molar-refractivity contribution is 0.217. The third-order valence-electron chi connectivity index (χ3n) is 4.00. The number of hydrogen-bond acceptors (Lipinski definition) is 4. The van der Waals surface area contributed by atoms with E-state index < -0.39 is 10.0 Å². The molecule has 2 unspecified atom stereocenters. The Kier molecular flexibility index (Phi) is 4.51. The van der Waals surface area contributed by atoms with E-state index in [2.05, 4.69) is 22.4 Å². The van der Waals surface area contributed by atoms with Crippen molar-refractivity contribution in [2.75, 3.05) is 13.6 Å². The second-order valence-electron chi connectivity index (χ2n) is 5.77. The largest absolute Gasteiger partial charge is 0.316 e. The standard InChI is InChI=1S/C13H24N4O2S/c1-9-5-6-10(2)17(8-9)20(18,19)13-12(7-14-4)11(3)15-16-13/h9-10,14H,5-8H2,1-4H3,(H,15,16). The normalized spacial score (nSPS) is 25.0. The molecular formula is C13H24N4O2S. The quantitative estimate of drug-likeness (QED) is 0.877. The van der Waals surface area contributed by atoms with Crippen molar-refractivity contribution >= 4 is 10.0 Å². The minimum Gasteiger partial charge on any atom is -0.316 e. The second-order valence-corrected chi connectivity index (χ2v) is 7.57. The highest BCUT2D eigenvalue weighted by atomic mass is 32.2. The van der Waals surface area contributed by atoms with E-state index in [0.717, 1.165) is 24.1 Å². The molecule has 0 bridgehead atoms. The molecule has 1 fully saturated rings. The smallest absolute Gasteiger partial charge is 0.262 e. The Morgan fingerprint density at radius 2 is 2.10 bits per heavy atom. The average molecular weight is 300 g/mol. The predicted octanol–water partition coefficient (Wildman–Crippen LogP) is 1.25. The third-order valence-corrected chi connectivity index (χ3v) is 5.96. The molecule has 1 aromatic rings. The first-order valence-electron chi connectivity index (χ1n) is 7.08. The maximum Gasteiger partial charge on any atom is 0.262 e. The molecule has 7 heteroatoms. The highest BCUT2D eigenvalue weighted by Crippen LogP contribution is 2.29. The third kappa shape index (κ3) is 2.75. The van der Waals surface area contributed by atoms with Crippen LogP contribution in [0.2, 0.25) is 0 Å².